The van der Waals surface area contributed by atoms with Crippen LogP contribution in [0.1, 0.15) is 48.8 Å². The number of benzene rings is 1. The van der Waals surface area contributed by atoms with E-state index in [1.807, 2.05) is 0 Å². The van der Waals surface area contributed by atoms with E-state index < -0.39 is 0 Å². The van der Waals surface area contributed by atoms with Crippen LogP contribution in [-0.2, 0) is 28.9 Å². The average Bonchev–Trinajstić information content (AvgIpc) is 3.07. The summed E-state index contributed by atoms with van der Waals surface area (Å²) in [5.74, 6) is -0.155. The summed E-state index contributed by atoms with van der Waals surface area (Å²) >= 11 is 0. The number of rotatable bonds is 7. The predicted octanol–water partition coefficient (Wildman–Crippen LogP) is 1.56. The number of nitrogens with one attached hydrogen (secondary N) is 1. The molecule has 136 valence electrons. The molecule has 2 aliphatic rings. The standard InChI is InChI=1S/C20H29N3O2/c21-20(25)18-7-3-11-23(18)12-4-10-22-19(24)14-15-8-9-16-5-1-2-6-17(16)13-15/h8-9,13,18H,1-7,10-12,14H2,(H2,21,25)(H,22,24). The minimum Gasteiger partial charge on any atom is -0.368 e. The van der Waals surface area contributed by atoms with Gasteiger partial charge in [0.25, 0.3) is 0 Å². The van der Waals surface area contributed by atoms with E-state index in [4.69, 9.17) is 5.73 Å². The maximum atomic E-state index is 12.2. The Labute approximate surface area is 150 Å². The molecule has 1 aromatic carbocycles. The van der Waals surface area contributed by atoms with Crippen LogP contribution in [0.3, 0.4) is 0 Å². The van der Waals surface area contributed by atoms with Gasteiger partial charge in [0, 0.05) is 13.1 Å². The van der Waals surface area contributed by atoms with Crippen molar-refractivity contribution < 1.29 is 9.59 Å². The van der Waals surface area contributed by atoms with E-state index in [0.29, 0.717) is 13.0 Å². The number of carbonyl (C=O) groups is 2. The lowest BCUT2D eigenvalue weighted by Gasteiger charge is -2.21. The fraction of sp³-hybridized carbons (Fsp3) is 0.600. The zero-order chi connectivity index (χ0) is 17.6. The number of amides is 2. The third-order valence-corrected chi connectivity index (χ3v) is 5.41. The lowest BCUT2D eigenvalue weighted by atomic mass is 9.90. The summed E-state index contributed by atoms with van der Waals surface area (Å²) in [5, 5.41) is 3.00. The fourth-order valence-corrected chi connectivity index (χ4v) is 4.07. The largest absolute Gasteiger partial charge is 0.368 e. The molecule has 25 heavy (non-hydrogen) atoms. The molecule has 0 spiro atoms. The Morgan fingerprint density at radius 1 is 1.16 bits per heavy atom. The zero-order valence-electron chi connectivity index (χ0n) is 14.9. The molecule has 1 heterocycles. The summed E-state index contributed by atoms with van der Waals surface area (Å²) in [7, 11) is 0. The first-order valence-corrected chi connectivity index (χ1v) is 9.54. The number of aryl methyl sites for hydroxylation is 2. The molecule has 3 rings (SSSR count). The quantitative estimate of drug-likeness (QED) is 0.738. The van der Waals surface area contributed by atoms with Gasteiger partial charge in [0.2, 0.25) is 11.8 Å². The monoisotopic (exact) mass is 343 g/mol. The molecule has 1 fully saturated rings. The molecule has 0 radical (unpaired) electrons. The van der Waals surface area contributed by atoms with Gasteiger partial charge in [-0.3, -0.25) is 14.5 Å². The topological polar surface area (TPSA) is 75.4 Å². The van der Waals surface area contributed by atoms with Gasteiger partial charge in [0.15, 0.2) is 0 Å². The third-order valence-electron chi connectivity index (χ3n) is 5.41. The van der Waals surface area contributed by atoms with Crippen molar-refractivity contribution in [2.45, 2.75) is 57.4 Å². The first-order valence-electron chi connectivity index (χ1n) is 9.54. The second-order valence-corrected chi connectivity index (χ2v) is 7.29. The van der Waals surface area contributed by atoms with Crippen molar-refractivity contribution in [3.05, 3.63) is 34.9 Å². The van der Waals surface area contributed by atoms with Gasteiger partial charge in [-0.15, -0.1) is 0 Å². The Bertz CT molecular complexity index is 629. The van der Waals surface area contributed by atoms with E-state index in [-0.39, 0.29) is 17.9 Å². The lowest BCUT2D eigenvalue weighted by Crippen LogP contribution is -2.41. The summed E-state index contributed by atoms with van der Waals surface area (Å²) < 4.78 is 0. The molecule has 1 aromatic rings. The number of carbonyl (C=O) groups excluding carboxylic acids is 2. The minimum atomic E-state index is -0.228. The van der Waals surface area contributed by atoms with Gasteiger partial charge in [-0.2, -0.15) is 0 Å². The van der Waals surface area contributed by atoms with Crippen LogP contribution >= 0.6 is 0 Å². The molecule has 1 aliphatic heterocycles. The highest BCUT2D eigenvalue weighted by Crippen LogP contribution is 2.22. The van der Waals surface area contributed by atoms with E-state index in [2.05, 4.69) is 28.4 Å². The highest BCUT2D eigenvalue weighted by atomic mass is 16.2. The SMILES string of the molecule is NC(=O)C1CCCN1CCCNC(=O)Cc1ccc2c(c1)CCCC2. The van der Waals surface area contributed by atoms with Crippen LogP contribution in [0.2, 0.25) is 0 Å². The molecule has 3 N–H and O–H groups in total. The number of hydrogen-bond donors (Lipinski definition) is 2. The van der Waals surface area contributed by atoms with Crippen molar-refractivity contribution >= 4 is 11.8 Å². The summed E-state index contributed by atoms with van der Waals surface area (Å²) in [6, 6.07) is 6.36. The normalized spacial score (nSPS) is 20.2. The molecule has 1 aliphatic carbocycles. The van der Waals surface area contributed by atoms with E-state index in [1.165, 1.54) is 30.4 Å². The molecule has 1 unspecified atom stereocenters. The molecule has 0 saturated carbocycles. The molecule has 0 aromatic heterocycles. The van der Waals surface area contributed by atoms with Gasteiger partial charge in [-0.1, -0.05) is 18.2 Å². The highest BCUT2D eigenvalue weighted by Gasteiger charge is 2.28. The summed E-state index contributed by atoms with van der Waals surface area (Å²) in [4.78, 5) is 25.7. The first kappa shape index (κ1) is 17.9. The Morgan fingerprint density at radius 2 is 1.96 bits per heavy atom. The van der Waals surface area contributed by atoms with Crippen molar-refractivity contribution in [2.24, 2.45) is 5.73 Å². The highest BCUT2D eigenvalue weighted by molar-refractivity contribution is 5.80. The molecule has 5 nitrogen and oxygen atoms in total. The summed E-state index contributed by atoms with van der Waals surface area (Å²) in [6.45, 7) is 2.38. The molecule has 1 saturated heterocycles. The maximum Gasteiger partial charge on any atom is 0.234 e. The Balaban J connectivity index is 1.39. The number of primary amides is 1. The third kappa shape index (κ3) is 4.82. The second-order valence-electron chi connectivity index (χ2n) is 7.29. The predicted molar refractivity (Wildman–Crippen MR) is 98.2 cm³/mol. The van der Waals surface area contributed by atoms with Crippen LogP contribution in [-0.4, -0.2) is 42.4 Å². The van der Waals surface area contributed by atoms with Crippen LogP contribution in [0.4, 0.5) is 0 Å². The van der Waals surface area contributed by atoms with E-state index in [0.717, 1.165) is 44.3 Å². The van der Waals surface area contributed by atoms with Crippen LogP contribution in [0, 0.1) is 0 Å². The number of fused-ring (bicyclic) bond motifs is 1. The van der Waals surface area contributed by atoms with Crippen molar-refractivity contribution in [3.8, 4) is 0 Å². The maximum absolute atomic E-state index is 12.2. The lowest BCUT2D eigenvalue weighted by molar-refractivity contribution is -0.122. The van der Waals surface area contributed by atoms with E-state index in [9.17, 15) is 9.59 Å². The van der Waals surface area contributed by atoms with Crippen LogP contribution in [0.5, 0.6) is 0 Å². The Kier molecular flexibility index (Phi) is 6.08. The molecule has 0 bridgehead atoms. The van der Waals surface area contributed by atoms with Crippen molar-refractivity contribution in [1.82, 2.24) is 10.2 Å². The van der Waals surface area contributed by atoms with E-state index in [1.54, 1.807) is 0 Å². The van der Waals surface area contributed by atoms with Gasteiger partial charge in [0.05, 0.1) is 12.5 Å². The van der Waals surface area contributed by atoms with Gasteiger partial charge in [-0.25, -0.2) is 0 Å². The number of likely N-dealkylation sites (tertiary alicyclic amines) is 1. The smallest absolute Gasteiger partial charge is 0.234 e. The number of nitrogens with zero attached hydrogens (tertiary/aromatic N) is 1. The number of nitrogens with two attached hydrogens (primary N) is 1. The zero-order valence-corrected chi connectivity index (χ0v) is 14.9. The first-order chi connectivity index (χ1) is 12.1. The summed E-state index contributed by atoms with van der Waals surface area (Å²) in [5.41, 5.74) is 9.40. The molecular formula is C20H29N3O2. The number of hydrogen-bond acceptors (Lipinski definition) is 3. The van der Waals surface area contributed by atoms with Crippen molar-refractivity contribution in [2.75, 3.05) is 19.6 Å². The second kappa shape index (κ2) is 8.48. The van der Waals surface area contributed by atoms with Crippen LogP contribution in [0.25, 0.3) is 0 Å². The van der Waals surface area contributed by atoms with E-state index >= 15 is 0 Å². The molecule has 1 atom stereocenters. The van der Waals surface area contributed by atoms with Crippen LogP contribution in [0.15, 0.2) is 18.2 Å². The minimum absolute atomic E-state index is 0.0728. The molecule has 5 heteroatoms. The van der Waals surface area contributed by atoms with Crippen molar-refractivity contribution in [3.63, 3.8) is 0 Å². The van der Waals surface area contributed by atoms with Crippen molar-refractivity contribution in [1.29, 1.82) is 0 Å². The van der Waals surface area contributed by atoms with Crippen LogP contribution < -0.4 is 11.1 Å². The Hall–Kier alpha value is -1.88. The molecular weight excluding hydrogens is 314 g/mol. The van der Waals surface area contributed by atoms with Gasteiger partial charge in [0.1, 0.15) is 0 Å². The van der Waals surface area contributed by atoms with Gasteiger partial charge < -0.3 is 11.1 Å². The fourth-order valence-electron chi connectivity index (χ4n) is 4.07. The van der Waals surface area contributed by atoms with Gasteiger partial charge in [-0.05, 0) is 68.2 Å². The van der Waals surface area contributed by atoms with Gasteiger partial charge >= 0.3 is 0 Å². The summed E-state index contributed by atoms with van der Waals surface area (Å²) in [6.07, 6.45) is 8.02. The average molecular weight is 343 g/mol. The molecule has 2 amide bonds. The Morgan fingerprint density at radius 3 is 2.76 bits per heavy atom.